The first-order valence-electron chi connectivity index (χ1n) is 6.06. The number of thioether (sulfide) groups is 1. The van der Waals surface area contributed by atoms with Crippen molar-refractivity contribution in [2.45, 2.75) is 37.9 Å². The molecule has 1 aromatic heterocycles. The van der Waals surface area contributed by atoms with Gasteiger partial charge in [0.15, 0.2) is 5.82 Å². The molecule has 2 heterocycles. The average Bonchev–Trinajstić information content (AvgIpc) is 2.82. The normalized spacial score (nSPS) is 15.7. The summed E-state index contributed by atoms with van der Waals surface area (Å²) in [6.07, 6.45) is 0.922. The smallest absolute Gasteiger partial charge is 0.159 e. The van der Waals surface area contributed by atoms with Gasteiger partial charge in [-0.2, -0.15) is 11.8 Å². The number of hydrogen-bond donors (Lipinski definition) is 1. The third-order valence-corrected chi connectivity index (χ3v) is 3.83. The summed E-state index contributed by atoms with van der Waals surface area (Å²) in [7, 11) is 1.91. The summed E-state index contributed by atoms with van der Waals surface area (Å²) < 4.78 is 5.68. The number of hydrogen-bond acceptors (Lipinski definition) is 5. The maximum absolute atomic E-state index is 5.68. The van der Waals surface area contributed by atoms with E-state index in [9.17, 15) is 0 Å². The molecule has 0 aliphatic carbocycles. The van der Waals surface area contributed by atoms with Crippen LogP contribution in [0.15, 0.2) is 0 Å². The van der Waals surface area contributed by atoms with Crippen molar-refractivity contribution in [3.05, 3.63) is 17.1 Å². The monoisotopic (exact) mass is 253 g/mol. The van der Waals surface area contributed by atoms with Crippen LogP contribution in [0.2, 0.25) is 0 Å². The predicted octanol–water partition coefficient (Wildman–Crippen LogP) is 2.75. The van der Waals surface area contributed by atoms with E-state index in [1.807, 2.05) is 25.7 Å². The molecule has 0 amide bonds. The van der Waals surface area contributed by atoms with Crippen molar-refractivity contribution >= 4 is 17.6 Å². The minimum atomic E-state index is 0.0167. The topological polar surface area (TPSA) is 47.0 Å². The number of fused-ring (bicyclic) bond motifs is 1. The van der Waals surface area contributed by atoms with E-state index in [4.69, 9.17) is 4.74 Å². The van der Waals surface area contributed by atoms with Gasteiger partial charge in [-0.15, -0.1) is 0 Å². The Morgan fingerprint density at radius 2 is 2.18 bits per heavy atom. The van der Waals surface area contributed by atoms with Gasteiger partial charge in [-0.3, -0.25) is 0 Å². The highest BCUT2D eigenvalue weighted by atomic mass is 32.2. The molecule has 1 aromatic rings. The van der Waals surface area contributed by atoms with Crippen molar-refractivity contribution in [2.75, 3.05) is 19.0 Å². The second-order valence-electron chi connectivity index (χ2n) is 3.95. The van der Waals surface area contributed by atoms with E-state index in [0.717, 1.165) is 29.6 Å². The van der Waals surface area contributed by atoms with Crippen LogP contribution in [0.3, 0.4) is 0 Å². The van der Waals surface area contributed by atoms with Crippen LogP contribution in [0.5, 0.6) is 0 Å². The molecule has 5 heteroatoms. The van der Waals surface area contributed by atoms with Crippen molar-refractivity contribution in [1.82, 2.24) is 9.97 Å². The van der Waals surface area contributed by atoms with Crippen molar-refractivity contribution < 1.29 is 4.74 Å². The summed E-state index contributed by atoms with van der Waals surface area (Å²) in [5.74, 6) is 3.78. The number of nitrogens with one attached hydrogen (secondary N) is 1. The number of anilines is 1. The molecule has 2 rings (SSSR count). The molecule has 0 saturated heterocycles. The first-order chi connectivity index (χ1) is 8.30. The SMILES string of the molecule is CCOC(CC)c1nc2c(c(NC)n1)CSC2. The highest BCUT2D eigenvalue weighted by Crippen LogP contribution is 2.34. The van der Waals surface area contributed by atoms with Gasteiger partial charge in [0.1, 0.15) is 11.9 Å². The second kappa shape index (κ2) is 5.69. The van der Waals surface area contributed by atoms with Gasteiger partial charge in [0.25, 0.3) is 0 Å². The average molecular weight is 253 g/mol. The Labute approximate surface area is 107 Å². The zero-order valence-electron chi connectivity index (χ0n) is 10.6. The van der Waals surface area contributed by atoms with Gasteiger partial charge in [0.2, 0.25) is 0 Å². The van der Waals surface area contributed by atoms with Crippen molar-refractivity contribution in [3.8, 4) is 0 Å². The Kier molecular flexibility index (Phi) is 4.23. The molecule has 0 fully saturated rings. The fraction of sp³-hybridized carbons (Fsp3) is 0.667. The molecular weight excluding hydrogens is 234 g/mol. The molecule has 1 unspecified atom stereocenters. The fourth-order valence-electron chi connectivity index (χ4n) is 2.00. The standard InChI is InChI=1S/C12H19N3OS/c1-4-10(16-5-2)12-14-9-7-17-6-8(9)11(13-3)15-12/h10H,4-7H2,1-3H3,(H,13,14,15). The molecule has 0 bridgehead atoms. The van der Waals surface area contributed by atoms with E-state index < -0.39 is 0 Å². The highest BCUT2D eigenvalue weighted by molar-refractivity contribution is 7.98. The summed E-state index contributed by atoms with van der Waals surface area (Å²) in [6, 6.07) is 0. The van der Waals surface area contributed by atoms with E-state index in [-0.39, 0.29) is 6.10 Å². The molecule has 1 aliphatic heterocycles. The third-order valence-electron chi connectivity index (χ3n) is 2.86. The summed E-state index contributed by atoms with van der Waals surface area (Å²) in [4.78, 5) is 9.25. The number of aromatic nitrogens is 2. The largest absolute Gasteiger partial charge is 0.373 e. The van der Waals surface area contributed by atoms with E-state index in [2.05, 4.69) is 22.2 Å². The quantitative estimate of drug-likeness (QED) is 0.874. The Hall–Kier alpha value is -0.810. The van der Waals surface area contributed by atoms with Crippen molar-refractivity contribution in [2.24, 2.45) is 0 Å². The van der Waals surface area contributed by atoms with Gasteiger partial charge in [-0.05, 0) is 13.3 Å². The lowest BCUT2D eigenvalue weighted by Gasteiger charge is -2.16. The van der Waals surface area contributed by atoms with Crippen LogP contribution in [-0.4, -0.2) is 23.6 Å². The first kappa shape index (κ1) is 12.6. The van der Waals surface area contributed by atoms with Crippen LogP contribution in [0, 0.1) is 0 Å². The maximum Gasteiger partial charge on any atom is 0.159 e. The minimum Gasteiger partial charge on any atom is -0.373 e. The predicted molar refractivity (Wildman–Crippen MR) is 71.2 cm³/mol. The van der Waals surface area contributed by atoms with Crippen molar-refractivity contribution in [1.29, 1.82) is 0 Å². The maximum atomic E-state index is 5.68. The van der Waals surface area contributed by atoms with Crippen LogP contribution in [0.4, 0.5) is 5.82 Å². The molecule has 4 nitrogen and oxygen atoms in total. The molecule has 0 saturated carbocycles. The number of nitrogens with zero attached hydrogens (tertiary/aromatic N) is 2. The molecular formula is C12H19N3OS. The molecule has 1 atom stereocenters. The van der Waals surface area contributed by atoms with E-state index in [1.54, 1.807) is 0 Å². The minimum absolute atomic E-state index is 0.0167. The molecule has 17 heavy (non-hydrogen) atoms. The lowest BCUT2D eigenvalue weighted by Crippen LogP contribution is -2.12. The Morgan fingerprint density at radius 3 is 2.82 bits per heavy atom. The van der Waals surface area contributed by atoms with Crippen LogP contribution >= 0.6 is 11.8 Å². The van der Waals surface area contributed by atoms with Gasteiger partial charge >= 0.3 is 0 Å². The Bertz CT molecular complexity index is 398. The van der Waals surface area contributed by atoms with Crippen LogP contribution in [0.1, 0.15) is 43.5 Å². The summed E-state index contributed by atoms with van der Waals surface area (Å²) >= 11 is 1.89. The second-order valence-corrected chi connectivity index (χ2v) is 4.94. The number of rotatable bonds is 5. The molecule has 1 aliphatic rings. The Balaban J connectivity index is 2.35. The van der Waals surface area contributed by atoms with E-state index in [1.165, 1.54) is 11.3 Å². The summed E-state index contributed by atoms with van der Waals surface area (Å²) in [5.41, 5.74) is 2.43. The molecule has 94 valence electrons. The van der Waals surface area contributed by atoms with Gasteiger partial charge in [0, 0.05) is 30.7 Å². The fourth-order valence-corrected chi connectivity index (χ4v) is 3.04. The molecule has 1 N–H and O–H groups in total. The molecule has 0 radical (unpaired) electrons. The zero-order valence-corrected chi connectivity index (χ0v) is 11.4. The van der Waals surface area contributed by atoms with E-state index >= 15 is 0 Å². The van der Waals surface area contributed by atoms with Gasteiger partial charge in [-0.25, -0.2) is 9.97 Å². The summed E-state index contributed by atoms with van der Waals surface area (Å²) in [5, 5.41) is 3.17. The van der Waals surface area contributed by atoms with Gasteiger partial charge in [-0.1, -0.05) is 6.92 Å². The lowest BCUT2D eigenvalue weighted by atomic mass is 10.2. The van der Waals surface area contributed by atoms with Crippen LogP contribution < -0.4 is 5.32 Å². The third kappa shape index (κ3) is 2.55. The lowest BCUT2D eigenvalue weighted by molar-refractivity contribution is 0.0534. The van der Waals surface area contributed by atoms with Crippen LogP contribution in [0.25, 0.3) is 0 Å². The van der Waals surface area contributed by atoms with Crippen LogP contribution in [-0.2, 0) is 16.2 Å². The van der Waals surface area contributed by atoms with E-state index in [0.29, 0.717) is 6.61 Å². The number of ether oxygens (including phenoxy) is 1. The zero-order chi connectivity index (χ0) is 12.3. The van der Waals surface area contributed by atoms with Gasteiger partial charge < -0.3 is 10.1 Å². The Morgan fingerprint density at radius 1 is 1.35 bits per heavy atom. The highest BCUT2D eigenvalue weighted by Gasteiger charge is 2.22. The first-order valence-corrected chi connectivity index (χ1v) is 7.22. The van der Waals surface area contributed by atoms with Crippen molar-refractivity contribution in [3.63, 3.8) is 0 Å². The molecule has 0 aromatic carbocycles. The molecule has 0 spiro atoms. The summed E-state index contributed by atoms with van der Waals surface area (Å²) in [6.45, 7) is 4.80. The van der Waals surface area contributed by atoms with Gasteiger partial charge in [0.05, 0.1) is 5.69 Å².